The minimum absolute atomic E-state index is 0.0321. The summed E-state index contributed by atoms with van der Waals surface area (Å²) in [5.41, 5.74) is 2.11. The quantitative estimate of drug-likeness (QED) is 0.782. The Morgan fingerprint density at radius 3 is 2.75 bits per heavy atom. The molecule has 1 unspecified atom stereocenters. The molecule has 1 N–H and O–H groups in total. The van der Waals surface area contributed by atoms with Gasteiger partial charge in [-0.2, -0.15) is 0 Å². The highest BCUT2D eigenvalue weighted by Crippen LogP contribution is 2.33. The third-order valence-electron chi connectivity index (χ3n) is 4.88. The number of carbonyl (C=O) groups is 1. The molecule has 2 aliphatic rings. The molecular formula is C19H18Cl2N2O4S. The number of nitrogens with one attached hydrogen (secondary N) is 1. The molecule has 2 aromatic carbocycles. The largest absolute Gasteiger partial charge is 0.368 e. The van der Waals surface area contributed by atoms with Gasteiger partial charge in [-0.05, 0) is 61.2 Å². The molecule has 0 aliphatic carbocycles. The second kappa shape index (κ2) is 7.55. The van der Waals surface area contributed by atoms with E-state index in [1.165, 1.54) is 18.2 Å². The van der Waals surface area contributed by atoms with Crippen LogP contribution < -0.4 is 9.62 Å². The summed E-state index contributed by atoms with van der Waals surface area (Å²) in [6.45, 7) is 1.17. The molecule has 6 nitrogen and oxygen atoms in total. The molecule has 1 amide bonds. The van der Waals surface area contributed by atoms with Crippen LogP contribution in [0.25, 0.3) is 0 Å². The summed E-state index contributed by atoms with van der Waals surface area (Å²) in [6.07, 6.45) is 1.91. The molecule has 2 aliphatic heterocycles. The highest BCUT2D eigenvalue weighted by Gasteiger charge is 2.33. The summed E-state index contributed by atoms with van der Waals surface area (Å²) in [7, 11) is -3.89. The predicted octanol–water partition coefficient (Wildman–Crippen LogP) is 3.86. The first-order valence-electron chi connectivity index (χ1n) is 8.89. The van der Waals surface area contributed by atoms with Crippen molar-refractivity contribution in [3.8, 4) is 0 Å². The molecule has 0 bridgehead atoms. The Balaban J connectivity index is 1.57. The molecular weight excluding hydrogens is 423 g/mol. The molecule has 9 heteroatoms. The summed E-state index contributed by atoms with van der Waals surface area (Å²) in [5.74, 6) is -0.0321. The minimum Gasteiger partial charge on any atom is -0.368 e. The smallest absolute Gasteiger partial charge is 0.263 e. The summed E-state index contributed by atoms with van der Waals surface area (Å²) >= 11 is 11.9. The van der Waals surface area contributed by atoms with E-state index in [1.807, 2.05) is 0 Å². The van der Waals surface area contributed by atoms with Crippen molar-refractivity contribution in [2.24, 2.45) is 0 Å². The van der Waals surface area contributed by atoms with Crippen molar-refractivity contribution in [3.05, 3.63) is 52.0 Å². The van der Waals surface area contributed by atoms with E-state index < -0.39 is 10.0 Å². The topological polar surface area (TPSA) is 75.7 Å². The molecule has 1 saturated heterocycles. The van der Waals surface area contributed by atoms with Gasteiger partial charge in [-0.25, -0.2) is 8.42 Å². The van der Waals surface area contributed by atoms with Crippen LogP contribution >= 0.6 is 23.2 Å². The number of ether oxygens (including phenoxy) is 1. The zero-order valence-electron chi connectivity index (χ0n) is 14.8. The van der Waals surface area contributed by atoms with Crippen LogP contribution in [0.3, 0.4) is 0 Å². The average Bonchev–Trinajstić information content (AvgIpc) is 3.32. The van der Waals surface area contributed by atoms with E-state index in [0.29, 0.717) is 25.3 Å². The Hall–Kier alpha value is -1.80. The van der Waals surface area contributed by atoms with E-state index in [-0.39, 0.29) is 27.0 Å². The second-order valence-corrected chi connectivity index (χ2v) is 9.26. The molecule has 1 fully saturated rings. The molecule has 0 saturated carbocycles. The van der Waals surface area contributed by atoms with Crippen molar-refractivity contribution < 1.29 is 17.9 Å². The normalized spacial score (nSPS) is 18.9. The lowest BCUT2D eigenvalue weighted by Gasteiger charge is -2.21. The number of amides is 1. The Morgan fingerprint density at radius 2 is 2.00 bits per heavy atom. The second-order valence-electron chi connectivity index (χ2n) is 6.77. The molecule has 2 aromatic rings. The number of hydrogen-bond donors (Lipinski definition) is 1. The Kier molecular flexibility index (Phi) is 5.26. The van der Waals surface area contributed by atoms with Gasteiger partial charge in [0.1, 0.15) is 11.0 Å². The van der Waals surface area contributed by atoms with Crippen LogP contribution in [0.1, 0.15) is 18.4 Å². The van der Waals surface area contributed by atoms with Gasteiger partial charge in [-0.1, -0.05) is 23.2 Å². The first-order chi connectivity index (χ1) is 13.3. The minimum atomic E-state index is -3.89. The lowest BCUT2D eigenvalue weighted by molar-refractivity contribution is -0.127. The standard InChI is InChI=1S/C19H18Cl2N2O4S/c20-13-3-5-15(21)18(11-13)28(25,26)22-14-4-6-16-12(10-14)7-8-23(16)19(24)17-2-1-9-27-17/h3-6,10-11,17,22H,1-2,7-9H2. The summed E-state index contributed by atoms with van der Waals surface area (Å²) < 4.78 is 33.4. The highest BCUT2D eigenvalue weighted by atomic mass is 35.5. The predicted molar refractivity (Wildman–Crippen MR) is 109 cm³/mol. The van der Waals surface area contributed by atoms with E-state index in [9.17, 15) is 13.2 Å². The van der Waals surface area contributed by atoms with Gasteiger partial charge in [0.15, 0.2) is 0 Å². The van der Waals surface area contributed by atoms with Gasteiger partial charge in [0.2, 0.25) is 0 Å². The van der Waals surface area contributed by atoms with Crippen LogP contribution in [0.15, 0.2) is 41.3 Å². The van der Waals surface area contributed by atoms with Crippen molar-refractivity contribution >= 4 is 50.5 Å². The van der Waals surface area contributed by atoms with E-state index in [4.69, 9.17) is 27.9 Å². The number of nitrogens with zero attached hydrogens (tertiary/aromatic N) is 1. The number of rotatable bonds is 4. The fraction of sp³-hybridized carbons (Fsp3) is 0.316. The van der Waals surface area contributed by atoms with Gasteiger partial charge in [-0.3, -0.25) is 9.52 Å². The SMILES string of the molecule is O=C(C1CCCO1)N1CCc2cc(NS(=O)(=O)c3cc(Cl)ccc3Cl)ccc21. The van der Waals surface area contributed by atoms with Gasteiger partial charge >= 0.3 is 0 Å². The van der Waals surface area contributed by atoms with Gasteiger partial charge < -0.3 is 9.64 Å². The molecule has 1 atom stereocenters. The average molecular weight is 441 g/mol. The van der Waals surface area contributed by atoms with Crippen molar-refractivity contribution in [1.82, 2.24) is 0 Å². The molecule has 2 heterocycles. The summed E-state index contributed by atoms with van der Waals surface area (Å²) in [5, 5.41) is 0.369. The van der Waals surface area contributed by atoms with E-state index in [1.54, 1.807) is 23.1 Å². The van der Waals surface area contributed by atoms with Crippen molar-refractivity contribution in [2.45, 2.75) is 30.3 Å². The first kappa shape index (κ1) is 19.5. The lowest BCUT2D eigenvalue weighted by atomic mass is 10.1. The number of fused-ring (bicyclic) bond motifs is 1. The maximum Gasteiger partial charge on any atom is 0.263 e. The van der Waals surface area contributed by atoms with Crippen molar-refractivity contribution in [3.63, 3.8) is 0 Å². The maximum atomic E-state index is 12.7. The van der Waals surface area contributed by atoms with Crippen molar-refractivity contribution in [1.29, 1.82) is 0 Å². The number of carbonyl (C=O) groups excluding carboxylic acids is 1. The van der Waals surface area contributed by atoms with Crippen LogP contribution in [0, 0.1) is 0 Å². The fourth-order valence-corrected chi connectivity index (χ4v) is 5.35. The van der Waals surface area contributed by atoms with E-state index >= 15 is 0 Å². The van der Waals surface area contributed by atoms with E-state index in [2.05, 4.69) is 4.72 Å². The van der Waals surface area contributed by atoms with Crippen LogP contribution in [0.4, 0.5) is 11.4 Å². The van der Waals surface area contributed by atoms with Crippen LogP contribution in [-0.2, 0) is 26.0 Å². The first-order valence-corrected chi connectivity index (χ1v) is 11.1. The Morgan fingerprint density at radius 1 is 1.18 bits per heavy atom. The molecule has 28 heavy (non-hydrogen) atoms. The molecule has 0 spiro atoms. The fourth-order valence-electron chi connectivity index (χ4n) is 3.53. The zero-order valence-corrected chi connectivity index (χ0v) is 17.1. The van der Waals surface area contributed by atoms with E-state index in [0.717, 1.165) is 24.1 Å². The van der Waals surface area contributed by atoms with Gasteiger partial charge in [0.25, 0.3) is 15.9 Å². The number of hydrogen-bond acceptors (Lipinski definition) is 4. The monoisotopic (exact) mass is 440 g/mol. The van der Waals surface area contributed by atoms with Crippen LogP contribution in [0.2, 0.25) is 10.0 Å². The molecule has 0 radical (unpaired) electrons. The van der Waals surface area contributed by atoms with Crippen molar-refractivity contribution in [2.75, 3.05) is 22.8 Å². The highest BCUT2D eigenvalue weighted by molar-refractivity contribution is 7.92. The number of anilines is 2. The van der Waals surface area contributed by atoms with Gasteiger partial charge in [0.05, 0.1) is 5.02 Å². The number of sulfonamides is 1. The Bertz CT molecular complexity index is 1040. The molecule has 148 valence electrons. The van der Waals surface area contributed by atoms with Crippen LogP contribution in [-0.4, -0.2) is 33.6 Å². The number of benzene rings is 2. The lowest BCUT2D eigenvalue weighted by Crippen LogP contribution is -2.37. The summed E-state index contributed by atoms with van der Waals surface area (Å²) in [4.78, 5) is 14.3. The summed E-state index contributed by atoms with van der Waals surface area (Å²) in [6, 6.07) is 9.41. The number of halogens is 2. The maximum absolute atomic E-state index is 12.7. The zero-order chi connectivity index (χ0) is 19.9. The van der Waals surface area contributed by atoms with Crippen LogP contribution in [0.5, 0.6) is 0 Å². The third kappa shape index (κ3) is 3.72. The van der Waals surface area contributed by atoms with Gasteiger partial charge in [0, 0.05) is 29.5 Å². The Labute approximate surface area is 173 Å². The third-order valence-corrected chi connectivity index (χ3v) is 6.98. The molecule has 4 rings (SSSR count). The van der Waals surface area contributed by atoms with Gasteiger partial charge in [-0.15, -0.1) is 0 Å². The molecule has 0 aromatic heterocycles.